The molecule has 38 heavy (non-hydrogen) atoms. The Morgan fingerprint density at radius 2 is 1.76 bits per heavy atom. The number of ether oxygens (including phenoxy) is 1. The molecule has 4 fully saturated rings. The molecule has 8 heteroatoms. The quantitative estimate of drug-likeness (QED) is 0.453. The maximum atomic E-state index is 13.7. The fourth-order valence-corrected chi connectivity index (χ4v) is 6.72. The first-order valence-corrected chi connectivity index (χ1v) is 14.3. The SMILES string of the molecule is Cc1ccc(C[C@H](NC(=O)OC(C)(C)C)C(=O)N[C@@H](CC(C)C)B2O[C@@H]3C[C@H]4C[C@H](C4(C)C)[C@]3(C)O2)cc1. The molecule has 2 N–H and O–H groups in total. The third-order valence-electron chi connectivity index (χ3n) is 8.92. The molecule has 3 saturated carbocycles. The van der Waals surface area contributed by atoms with Crippen molar-refractivity contribution in [3.05, 3.63) is 35.4 Å². The van der Waals surface area contributed by atoms with Crippen LogP contribution in [0.1, 0.15) is 85.8 Å². The van der Waals surface area contributed by atoms with Crippen molar-refractivity contribution in [1.29, 1.82) is 0 Å². The molecule has 5 rings (SSSR count). The van der Waals surface area contributed by atoms with Crippen molar-refractivity contribution in [3.8, 4) is 0 Å². The molecule has 0 spiro atoms. The van der Waals surface area contributed by atoms with Crippen LogP contribution >= 0.6 is 0 Å². The van der Waals surface area contributed by atoms with Gasteiger partial charge >= 0.3 is 13.2 Å². The number of aryl methyl sites for hydroxylation is 1. The third-order valence-corrected chi connectivity index (χ3v) is 8.92. The summed E-state index contributed by atoms with van der Waals surface area (Å²) in [5.74, 6) is 0.831. The van der Waals surface area contributed by atoms with Crippen molar-refractivity contribution in [2.75, 3.05) is 0 Å². The Hall–Kier alpha value is -2.06. The highest BCUT2D eigenvalue weighted by Crippen LogP contribution is 2.65. The molecule has 1 saturated heterocycles. The van der Waals surface area contributed by atoms with E-state index in [4.69, 9.17) is 14.0 Å². The average molecular weight is 527 g/mol. The van der Waals surface area contributed by atoms with Gasteiger partial charge < -0.3 is 24.7 Å². The highest BCUT2D eigenvalue weighted by Gasteiger charge is 2.68. The highest BCUT2D eigenvalue weighted by atomic mass is 16.7. The third kappa shape index (κ3) is 6.06. The minimum absolute atomic E-state index is 0.0408. The van der Waals surface area contributed by atoms with Crippen LogP contribution in [0, 0.1) is 30.1 Å². The lowest BCUT2D eigenvalue weighted by atomic mass is 9.43. The van der Waals surface area contributed by atoms with E-state index in [-0.39, 0.29) is 29.0 Å². The second-order valence-corrected chi connectivity index (χ2v) is 14.0. The van der Waals surface area contributed by atoms with E-state index in [0.29, 0.717) is 30.6 Å². The molecule has 4 aliphatic rings. The summed E-state index contributed by atoms with van der Waals surface area (Å²) in [5, 5.41) is 6.02. The number of hydrogen-bond acceptors (Lipinski definition) is 5. The highest BCUT2D eigenvalue weighted by molar-refractivity contribution is 6.48. The number of carbonyl (C=O) groups excluding carboxylic acids is 2. The van der Waals surface area contributed by atoms with Crippen molar-refractivity contribution < 1.29 is 23.6 Å². The minimum atomic E-state index is -0.798. The van der Waals surface area contributed by atoms with Gasteiger partial charge in [0.1, 0.15) is 11.6 Å². The van der Waals surface area contributed by atoms with E-state index in [1.54, 1.807) is 20.8 Å². The molecule has 1 aromatic rings. The lowest BCUT2D eigenvalue weighted by Crippen LogP contribution is -2.65. The summed E-state index contributed by atoms with van der Waals surface area (Å²) >= 11 is 0. The van der Waals surface area contributed by atoms with Crippen LogP contribution in [0.15, 0.2) is 24.3 Å². The summed E-state index contributed by atoms with van der Waals surface area (Å²) in [6, 6.07) is 7.19. The fraction of sp³-hybridized carbons (Fsp3) is 0.733. The zero-order valence-electron chi connectivity index (χ0n) is 24.7. The summed E-state index contributed by atoms with van der Waals surface area (Å²) in [5.41, 5.74) is 1.33. The number of amides is 2. The van der Waals surface area contributed by atoms with E-state index in [1.807, 2.05) is 31.2 Å². The molecule has 2 amide bonds. The molecule has 1 aliphatic heterocycles. The van der Waals surface area contributed by atoms with Gasteiger partial charge in [0.05, 0.1) is 17.6 Å². The zero-order chi connectivity index (χ0) is 28.0. The van der Waals surface area contributed by atoms with Gasteiger partial charge in [0, 0.05) is 6.42 Å². The molecule has 1 heterocycles. The van der Waals surface area contributed by atoms with Crippen LogP contribution in [0.2, 0.25) is 0 Å². The van der Waals surface area contributed by atoms with Gasteiger partial charge in [-0.2, -0.15) is 0 Å². The Bertz CT molecular complexity index is 1020. The van der Waals surface area contributed by atoms with Gasteiger partial charge in [0.15, 0.2) is 0 Å². The summed E-state index contributed by atoms with van der Waals surface area (Å²) in [6.07, 6.45) is 2.66. The lowest BCUT2D eigenvalue weighted by molar-refractivity contribution is -0.199. The Morgan fingerprint density at radius 3 is 2.34 bits per heavy atom. The molecule has 2 bridgehead atoms. The molecule has 0 aromatic heterocycles. The average Bonchev–Trinajstić information content (AvgIpc) is 3.15. The maximum Gasteiger partial charge on any atom is 0.481 e. The van der Waals surface area contributed by atoms with Gasteiger partial charge in [0.25, 0.3) is 0 Å². The Labute approximate surface area is 229 Å². The normalized spacial score (nSPS) is 29.2. The predicted molar refractivity (Wildman–Crippen MR) is 150 cm³/mol. The van der Waals surface area contributed by atoms with E-state index in [9.17, 15) is 9.59 Å². The van der Waals surface area contributed by atoms with E-state index < -0.39 is 24.9 Å². The molecular weight excluding hydrogens is 479 g/mol. The van der Waals surface area contributed by atoms with Crippen molar-refractivity contribution in [1.82, 2.24) is 10.6 Å². The molecular formula is C30H47BN2O5. The Kier molecular flexibility index (Phi) is 7.99. The van der Waals surface area contributed by atoms with Gasteiger partial charge in [-0.25, -0.2) is 4.79 Å². The van der Waals surface area contributed by atoms with Crippen LogP contribution in [0.4, 0.5) is 4.79 Å². The van der Waals surface area contributed by atoms with Gasteiger partial charge in [-0.15, -0.1) is 0 Å². The van der Waals surface area contributed by atoms with Crippen LogP contribution in [-0.4, -0.2) is 48.4 Å². The summed E-state index contributed by atoms with van der Waals surface area (Å²) in [6.45, 7) is 18.6. The number of benzene rings is 1. The maximum absolute atomic E-state index is 13.7. The van der Waals surface area contributed by atoms with E-state index in [1.165, 1.54) is 6.42 Å². The fourth-order valence-electron chi connectivity index (χ4n) is 6.72. The Morgan fingerprint density at radius 1 is 1.11 bits per heavy atom. The van der Waals surface area contributed by atoms with E-state index in [0.717, 1.165) is 17.5 Å². The molecule has 7 nitrogen and oxygen atoms in total. The number of carbonyl (C=O) groups is 2. The first kappa shape index (κ1) is 28.9. The summed E-state index contributed by atoms with van der Waals surface area (Å²) in [7, 11) is -0.520. The van der Waals surface area contributed by atoms with Gasteiger partial charge in [0.2, 0.25) is 5.91 Å². The topological polar surface area (TPSA) is 85.9 Å². The minimum Gasteiger partial charge on any atom is -0.444 e. The summed E-state index contributed by atoms with van der Waals surface area (Å²) in [4.78, 5) is 26.4. The first-order valence-electron chi connectivity index (χ1n) is 14.3. The van der Waals surface area contributed by atoms with Crippen LogP contribution < -0.4 is 10.6 Å². The number of alkyl carbamates (subject to hydrolysis) is 1. The van der Waals surface area contributed by atoms with Crippen LogP contribution in [0.25, 0.3) is 0 Å². The molecule has 6 atom stereocenters. The Balaban J connectivity index is 1.51. The van der Waals surface area contributed by atoms with E-state index in [2.05, 4.69) is 45.3 Å². The first-order chi connectivity index (χ1) is 17.6. The second-order valence-electron chi connectivity index (χ2n) is 14.0. The van der Waals surface area contributed by atoms with Gasteiger partial charge in [-0.3, -0.25) is 4.79 Å². The number of rotatable bonds is 8. The van der Waals surface area contributed by atoms with Gasteiger partial charge in [-0.05, 0) is 82.6 Å². The molecule has 210 valence electrons. The predicted octanol–water partition coefficient (Wildman–Crippen LogP) is 5.23. The van der Waals surface area contributed by atoms with Crippen molar-refractivity contribution in [3.63, 3.8) is 0 Å². The molecule has 3 aliphatic carbocycles. The standard InChI is InChI=1S/C30H47BN2O5/c1-18(2)14-25(31-37-24-17-21-16-23(29(21,7)8)30(24,9)38-31)33-26(34)22(32-27(35)36-28(4,5)6)15-20-12-10-19(3)11-13-20/h10-13,18,21-25H,14-17H2,1-9H3,(H,32,35)(H,33,34)/t21-,22+,23-,24-,25+,30+/m1/s1. The number of hydrogen-bond donors (Lipinski definition) is 2. The lowest BCUT2D eigenvalue weighted by Gasteiger charge is -2.64. The molecule has 1 aromatic carbocycles. The molecule has 0 radical (unpaired) electrons. The van der Waals surface area contributed by atoms with Crippen molar-refractivity contribution in [2.24, 2.45) is 23.2 Å². The zero-order valence-corrected chi connectivity index (χ0v) is 24.7. The smallest absolute Gasteiger partial charge is 0.444 e. The number of nitrogens with one attached hydrogen (secondary N) is 2. The van der Waals surface area contributed by atoms with Crippen LogP contribution in [0.3, 0.4) is 0 Å². The van der Waals surface area contributed by atoms with Crippen molar-refractivity contribution in [2.45, 2.75) is 117 Å². The van der Waals surface area contributed by atoms with Gasteiger partial charge in [-0.1, -0.05) is 57.5 Å². The van der Waals surface area contributed by atoms with Crippen LogP contribution in [0.5, 0.6) is 0 Å². The second kappa shape index (κ2) is 10.5. The van der Waals surface area contributed by atoms with Crippen molar-refractivity contribution >= 4 is 19.1 Å². The van der Waals surface area contributed by atoms with E-state index >= 15 is 0 Å². The summed E-state index contributed by atoms with van der Waals surface area (Å²) < 4.78 is 18.7. The molecule has 0 unspecified atom stereocenters. The largest absolute Gasteiger partial charge is 0.481 e. The monoisotopic (exact) mass is 526 g/mol. The van der Waals surface area contributed by atoms with Crippen LogP contribution in [-0.2, 0) is 25.3 Å².